The highest BCUT2D eigenvalue weighted by atomic mass is 16.2. The second-order valence-corrected chi connectivity index (χ2v) is 6.37. The van der Waals surface area contributed by atoms with Gasteiger partial charge in [0.25, 0.3) is 0 Å². The lowest BCUT2D eigenvalue weighted by Crippen LogP contribution is -2.31. The molecule has 2 atom stereocenters. The summed E-state index contributed by atoms with van der Waals surface area (Å²) in [6.07, 6.45) is 9.71. The predicted molar refractivity (Wildman–Crippen MR) is 92.7 cm³/mol. The summed E-state index contributed by atoms with van der Waals surface area (Å²) >= 11 is 0. The van der Waals surface area contributed by atoms with Crippen molar-refractivity contribution in [3.8, 4) is 0 Å². The Morgan fingerprint density at radius 1 is 0.682 bits per heavy atom. The van der Waals surface area contributed by atoms with E-state index in [2.05, 4.69) is 24.5 Å². The summed E-state index contributed by atoms with van der Waals surface area (Å²) in [6, 6.07) is 0.572. The molecule has 0 heterocycles. The molecule has 0 saturated heterocycles. The summed E-state index contributed by atoms with van der Waals surface area (Å²) in [7, 11) is 0. The fourth-order valence-corrected chi connectivity index (χ4v) is 2.18. The molecule has 0 aromatic rings. The molecule has 0 aromatic carbocycles. The topological polar surface area (TPSA) is 58.2 Å². The Bertz CT molecular complexity index is 275. The number of nitrogens with one attached hydrogen (secondary N) is 2. The summed E-state index contributed by atoms with van der Waals surface area (Å²) in [4.78, 5) is 23.2. The van der Waals surface area contributed by atoms with E-state index in [1.165, 1.54) is 0 Å². The van der Waals surface area contributed by atoms with Crippen LogP contribution < -0.4 is 10.6 Å². The molecule has 4 heteroatoms. The van der Waals surface area contributed by atoms with E-state index in [1.54, 1.807) is 0 Å². The van der Waals surface area contributed by atoms with Crippen molar-refractivity contribution in [2.75, 3.05) is 0 Å². The molecular formula is C18H36N2O2. The normalized spacial score (nSPS) is 13.5. The van der Waals surface area contributed by atoms with E-state index >= 15 is 0 Å². The molecule has 0 fully saturated rings. The fourth-order valence-electron chi connectivity index (χ4n) is 2.18. The van der Waals surface area contributed by atoms with Crippen LogP contribution in [0.5, 0.6) is 0 Å². The first kappa shape index (κ1) is 20.9. The molecule has 0 aliphatic rings. The Labute approximate surface area is 136 Å². The van der Waals surface area contributed by atoms with Crippen molar-refractivity contribution in [1.29, 1.82) is 0 Å². The molecule has 0 aliphatic heterocycles. The van der Waals surface area contributed by atoms with Crippen LogP contribution in [0.2, 0.25) is 0 Å². The molecule has 2 unspecified atom stereocenters. The highest BCUT2D eigenvalue weighted by molar-refractivity contribution is 5.76. The molecule has 0 radical (unpaired) electrons. The summed E-state index contributed by atoms with van der Waals surface area (Å²) in [5, 5.41) is 5.98. The smallest absolute Gasteiger partial charge is 0.220 e. The number of hydrogen-bond acceptors (Lipinski definition) is 2. The van der Waals surface area contributed by atoms with Crippen molar-refractivity contribution >= 4 is 11.8 Å². The molecule has 0 saturated carbocycles. The maximum atomic E-state index is 11.6. The molecule has 2 amide bonds. The molecular weight excluding hydrogens is 276 g/mol. The fraction of sp³-hybridized carbons (Fsp3) is 0.889. The summed E-state index contributed by atoms with van der Waals surface area (Å²) in [5.74, 6) is 0.354. The largest absolute Gasteiger partial charge is 0.354 e. The SMILES string of the molecule is CCC(C)NC(=O)CCCCCCCCC(=O)NC(C)CC. The van der Waals surface area contributed by atoms with Gasteiger partial charge in [0.1, 0.15) is 0 Å². The minimum atomic E-state index is 0.177. The van der Waals surface area contributed by atoms with Gasteiger partial charge >= 0.3 is 0 Å². The standard InChI is InChI=1S/C18H36N2O2/c1-5-15(3)19-17(21)13-11-9-7-8-10-12-14-18(22)20-16(4)6-2/h15-16H,5-14H2,1-4H3,(H,19,21)(H,20,22). The van der Waals surface area contributed by atoms with Crippen molar-refractivity contribution in [3.63, 3.8) is 0 Å². The van der Waals surface area contributed by atoms with Crippen LogP contribution in [0.1, 0.15) is 91.9 Å². The van der Waals surface area contributed by atoms with E-state index in [-0.39, 0.29) is 23.9 Å². The predicted octanol–water partition coefficient (Wildman–Crippen LogP) is 3.94. The Hall–Kier alpha value is -1.06. The van der Waals surface area contributed by atoms with E-state index in [4.69, 9.17) is 0 Å². The van der Waals surface area contributed by atoms with Gasteiger partial charge in [-0.2, -0.15) is 0 Å². The Kier molecular flexibility index (Phi) is 12.9. The van der Waals surface area contributed by atoms with Crippen LogP contribution in [0.3, 0.4) is 0 Å². The van der Waals surface area contributed by atoms with Crippen LogP contribution in [-0.4, -0.2) is 23.9 Å². The van der Waals surface area contributed by atoms with Crippen molar-refractivity contribution < 1.29 is 9.59 Å². The number of carbonyl (C=O) groups excluding carboxylic acids is 2. The summed E-state index contributed by atoms with van der Waals surface area (Å²) < 4.78 is 0. The highest BCUT2D eigenvalue weighted by Gasteiger charge is 2.06. The second-order valence-electron chi connectivity index (χ2n) is 6.37. The van der Waals surface area contributed by atoms with Gasteiger partial charge in [0.15, 0.2) is 0 Å². The summed E-state index contributed by atoms with van der Waals surface area (Å²) in [6.45, 7) is 8.23. The number of hydrogen-bond donors (Lipinski definition) is 2. The van der Waals surface area contributed by atoms with E-state index in [0.717, 1.165) is 51.4 Å². The third kappa shape index (κ3) is 12.7. The first-order valence-corrected chi connectivity index (χ1v) is 9.08. The molecule has 0 rings (SSSR count). The van der Waals surface area contributed by atoms with Crippen LogP contribution in [-0.2, 0) is 9.59 Å². The Morgan fingerprint density at radius 3 is 1.32 bits per heavy atom. The van der Waals surface area contributed by atoms with Gasteiger partial charge < -0.3 is 10.6 Å². The molecule has 4 nitrogen and oxygen atoms in total. The van der Waals surface area contributed by atoms with E-state index in [0.29, 0.717) is 12.8 Å². The minimum Gasteiger partial charge on any atom is -0.354 e. The average molecular weight is 312 g/mol. The van der Waals surface area contributed by atoms with Gasteiger partial charge in [-0.3, -0.25) is 9.59 Å². The van der Waals surface area contributed by atoms with Crippen LogP contribution in [0.4, 0.5) is 0 Å². The van der Waals surface area contributed by atoms with Gasteiger partial charge in [-0.1, -0.05) is 39.5 Å². The van der Waals surface area contributed by atoms with E-state index < -0.39 is 0 Å². The van der Waals surface area contributed by atoms with Crippen LogP contribution in [0, 0.1) is 0 Å². The zero-order valence-corrected chi connectivity index (χ0v) is 15.0. The van der Waals surface area contributed by atoms with Gasteiger partial charge in [-0.25, -0.2) is 0 Å². The minimum absolute atomic E-state index is 0.177. The molecule has 0 aromatic heterocycles. The number of carbonyl (C=O) groups is 2. The van der Waals surface area contributed by atoms with Crippen LogP contribution in [0.25, 0.3) is 0 Å². The average Bonchev–Trinajstić information content (AvgIpc) is 2.49. The second kappa shape index (κ2) is 13.6. The Balaban J connectivity index is 3.37. The lowest BCUT2D eigenvalue weighted by molar-refractivity contribution is -0.122. The first-order valence-electron chi connectivity index (χ1n) is 9.08. The molecule has 22 heavy (non-hydrogen) atoms. The molecule has 0 spiro atoms. The van der Waals surface area contributed by atoms with Gasteiger partial charge in [-0.05, 0) is 39.5 Å². The molecule has 2 N–H and O–H groups in total. The van der Waals surface area contributed by atoms with Gasteiger partial charge in [-0.15, -0.1) is 0 Å². The van der Waals surface area contributed by atoms with E-state index in [9.17, 15) is 9.59 Å². The number of rotatable bonds is 13. The van der Waals surface area contributed by atoms with Gasteiger partial charge in [0, 0.05) is 24.9 Å². The van der Waals surface area contributed by atoms with Crippen molar-refractivity contribution in [3.05, 3.63) is 0 Å². The zero-order valence-electron chi connectivity index (χ0n) is 15.0. The summed E-state index contributed by atoms with van der Waals surface area (Å²) in [5.41, 5.74) is 0. The molecule has 0 aliphatic carbocycles. The van der Waals surface area contributed by atoms with E-state index in [1.807, 2.05) is 13.8 Å². The van der Waals surface area contributed by atoms with Crippen LogP contribution in [0.15, 0.2) is 0 Å². The molecule has 130 valence electrons. The third-order valence-corrected chi connectivity index (χ3v) is 4.10. The maximum absolute atomic E-state index is 11.6. The zero-order chi connectivity index (χ0) is 16.8. The third-order valence-electron chi connectivity index (χ3n) is 4.10. The number of unbranched alkanes of at least 4 members (excludes halogenated alkanes) is 5. The van der Waals surface area contributed by atoms with Gasteiger partial charge in [0.05, 0.1) is 0 Å². The monoisotopic (exact) mass is 312 g/mol. The lowest BCUT2D eigenvalue weighted by Gasteiger charge is -2.11. The first-order chi connectivity index (χ1) is 10.5. The maximum Gasteiger partial charge on any atom is 0.220 e. The van der Waals surface area contributed by atoms with Gasteiger partial charge in [0.2, 0.25) is 11.8 Å². The van der Waals surface area contributed by atoms with Crippen molar-refractivity contribution in [2.24, 2.45) is 0 Å². The van der Waals surface area contributed by atoms with Crippen molar-refractivity contribution in [2.45, 2.75) is 104 Å². The lowest BCUT2D eigenvalue weighted by atomic mass is 10.1. The van der Waals surface area contributed by atoms with Crippen LogP contribution >= 0.6 is 0 Å². The quantitative estimate of drug-likeness (QED) is 0.506. The Morgan fingerprint density at radius 2 is 1.00 bits per heavy atom. The number of amides is 2. The molecule has 0 bridgehead atoms. The van der Waals surface area contributed by atoms with Crippen molar-refractivity contribution in [1.82, 2.24) is 10.6 Å². The highest BCUT2D eigenvalue weighted by Crippen LogP contribution is 2.09.